The van der Waals surface area contributed by atoms with Crippen LogP contribution in [0.25, 0.3) is 0 Å². The molecule has 3 rings (SSSR count). The van der Waals surface area contributed by atoms with Gasteiger partial charge in [-0.2, -0.15) is 5.10 Å². The molecule has 7 nitrogen and oxygen atoms in total. The van der Waals surface area contributed by atoms with Crippen molar-refractivity contribution >= 4 is 21.6 Å². The van der Waals surface area contributed by atoms with Crippen molar-refractivity contribution in [3.05, 3.63) is 36.3 Å². The first-order chi connectivity index (χ1) is 12.9. The second-order valence-electron chi connectivity index (χ2n) is 7.17. The lowest BCUT2D eigenvalue weighted by Crippen LogP contribution is -2.28. The Morgan fingerprint density at radius 2 is 2.04 bits per heavy atom. The minimum absolute atomic E-state index is 0.00542. The molecule has 1 aliphatic rings. The minimum Gasteiger partial charge on any atom is -0.309 e. The standard InChI is InChI=1S/C19H26N4O3S/c1-3-27(25,26)16-12-21-23(13-16)17(10-15-6-4-5-7-15)19(24)22-18-9-8-14(2)11-20-18/h8-9,11-13,15,17H,3-7,10H2,1-2H3,(H,20,22,24)/t17-/m0/s1. The van der Waals surface area contributed by atoms with Gasteiger partial charge in [0.1, 0.15) is 16.8 Å². The van der Waals surface area contributed by atoms with Crippen molar-refractivity contribution in [1.29, 1.82) is 0 Å². The summed E-state index contributed by atoms with van der Waals surface area (Å²) in [6.45, 7) is 3.53. The van der Waals surface area contributed by atoms with Gasteiger partial charge in [-0.1, -0.05) is 38.7 Å². The van der Waals surface area contributed by atoms with Gasteiger partial charge in [0.25, 0.3) is 0 Å². The van der Waals surface area contributed by atoms with E-state index in [0.717, 1.165) is 18.4 Å². The zero-order valence-electron chi connectivity index (χ0n) is 15.8. The normalized spacial score (nSPS) is 16.4. The molecule has 8 heteroatoms. The van der Waals surface area contributed by atoms with Crippen molar-refractivity contribution in [2.24, 2.45) is 5.92 Å². The highest BCUT2D eigenvalue weighted by molar-refractivity contribution is 7.91. The molecule has 0 radical (unpaired) electrons. The van der Waals surface area contributed by atoms with Crippen molar-refractivity contribution in [3.8, 4) is 0 Å². The number of anilines is 1. The van der Waals surface area contributed by atoms with Gasteiger partial charge in [0.05, 0.1) is 11.9 Å². The molecular weight excluding hydrogens is 364 g/mol. The fourth-order valence-corrected chi connectivity index (χ4v) is 4.28. The molecule has 1 atom stereocenters. The average molecular weight is 391 g/mol. The SMILES string of the molecule is CCS(=O)(=O)c1cnn([C@@H](CC2CCCC2)C(=O)Nc2ccc(C)cn2)c1. The predicted molar refractivity (Wildman–Crippen MR) is 103 cm³/mol. The van der Waals surface area contributed by atoms with E-state index in [9.17, 15) is 13.2 Å². The van der Waals surface area contributed by atoms with Crippen LogP contribution in [0.4, 0.5) is 5.82 Å². The zero-order valence-corrected chi connectivity index (χ0v) is 16.6. The Morgan fingerprint density at radius 3 is 2.67 bits per heavy atom. The van der Waals surface area contributed by atoms with Gasteiger partial charge < -0.3 is 5.32 Å². The van der Waals surface area contributed by atoms with E-state index in [1.165, 1.54) is 29.9 Å². The quantitative estimate of drug-likeness (QED) is 0.784. The largest absolute Gasteiger partial charge is 0.309 e. The predicted octanol–water partition coefficient (Wildman–Crippen LogP) is 3.14. The second kappa shape index (κ2) is 8.21. The van der Waals surface area contributed by atoms with Crippen LogP contribution in [0, 0.1) is 12.8 Å². The maximum atomic E-state index is 13.0. The summed E-state index contributed by atoms with van der Waals surface area (Å²) in [5.41, 5.74) is 1.01. The van der Waals surface area contributed by atoms with Gasteiger partial charge in [-0.25, -0.2) is 13.4 Å². The van der Waals surface area contributed by atoms with Crippen LogP contribution in [-0.4, -0.2) is 34.8 Å². The van der Waals surface area contributed by atoms with E-state index in [-0.39, 0.29) is 16.6 Å². The van der Waals surface area contributed by atoms with Crippen LogP contribution in [0.1, 0.15) is 50.6 Å². The van der Waals surface area contributed by atoms with Crippen molar-refractivity contribution in [3.63, 3.8) is 0 Å². The lowest BCUT2D eigenvalue weighted by Gasteiger charge is -2.20. The number of hydrogen-bond donors (Lipinski definition) is 1. The number of rotatable bonds is 7. The van der Waals surface area contributed by atoms with E-state index in [0.29, 0.717) is 18.2 Å². The van der Waals surface area contributed by atoms with Gasteiger partial charge in [-0.15, -0.1) is 0 Å². The van der Waals surface area contributed by atoms with E-state index < -0.39 is 15.9 Å². The molecule has 1 saturated carbocycles. The maximum absolute atomic E-state index is 13.0. The minimum atomic E-state index is -3.35. The van der Waals surface area contributed by atoms with Crippen LogP contribution < -0.4 is 5.32 Å². The monoisotopic (exact) mass is 390 g/mol. The summed E-state index contributed by atoms with van der Waals surface area (Å²) in [7, 11) is -3.35. The molecular formula is C19H26N4O3S. The average Bonchev–Trinajstić information content (AvgIpc) is 3.33. The van der Waals surface area contributed by atoms with Gasteiger partial charge in [-0.05, 0) is 30.9 Å². The number of carbonyl (C=O) groups is 1. The Kier molecular flexibility index (Phi) is 5.94. The summed E-state index contributed by atoms with van der Waals surface area (Å²) in [5, 5.41) is 7.05. The molecule has 2 aromatic heterocycles. The van der Waals surface area contributed by atoms with E-state index >= 15 is 0 Å². The van der Waals surface area contributed by atoms with Crippen LogP contribution in [0.3, 0.4) is 0 Å². The van der Waals surface area contributed by atoms with Gasteiger partial charge in [0.15, 0.2) is 9.84 Å². The number of carbonyl (C=O) groups excluding carboxylic acids is 1. The molecule has 0 aromatic carbocycles. The first kappa shape index (κ1) is 19.5. The molecule has 1 amide bonds. The van der Waals surface area contributed by atoms with Crippen LogP contribution >= 0.6 is 0 Å². The molecule has 2 aromatic rings. The number of nitrogens with zero attached hydrogens (tertiary/aromatic N) is 3. The van der Waals surface area contributed by atoms with Crippen LogP contribution in [-0.2, 0) is 14.6 Å². The third-order valence-electron chi connectivity index (χ3n) is 5.13. The Labute approximate surface area is 160 Å². The number of nitrogens with one attached hydrogen (secondary N) is 1. The van der Waals surface area contributed by atoms with Gasteiger partial charge in [0, 0.05) is 12.4 Å². The van der Waals surface area contributed by atoms with E-state index in [1.807, 2.05) is 13.0 Å². The van der Waals surface area contributed by atoms with Crippen molar-refractivity contribution in [2.45, 2.75) is 56.9 Å². The summed E-state index contributed by atoms with van der Waals surface area (Å²) < 4.78 is 25.7. The molecule has 0 saturated heterocycles. The number of amides is 1. The Morgan fingerprint density at radius 1 is 1.30 bits per heavy atom. The number of aryl methyl sites for hydroxylation is 1. The van der Waals surface area contributed by atoms with Crippen LogP contribution in [0.5, 0.6) is 0 Å². The first-order valence-electron chi connectivity index (χ1n) is 9.39. The highest BCUT2D eigenvalue weighted by atomic mass is 32.2. The van der Waals surface area contributed by atoms with Gasteiger partial charge in [-0.3, -0.25) is 9.48 Å². The summed E-state index contributed by atoms with van der Waals surface area (Å²) in [6, 6.07) is 3.08. The molecule has 2 heterocycles. The van der Waals surface area contributed by atoms with E-state index in [1.54, 1.807) is 19.2 Å². The molecule has 146 valence electrons. The summed E-state index contributed by atoms with van der Waals surface area (Å²) in [6.07, 6.45) is 9.67. The van der Waals surface area contributed by atoms with E-state index in [2.05, 4.69) is 15.4 Å². The number of aromatic nitrogens is 3. The molecule has 0 spiro atoms. The molecule has 0 unspecified atom stereocenters. The van der Waals surface area contributed by atoms with Crippen LogP contribution in [0.15, 0.2) is 35.6 Å². The second-order valence-corrected chi connectivity index (χ2v) is 9.45. The molecule has 1 N–H and O–H groups in total. The molecule has 1 aliphatic carbocycles. The van der Waals surface area contributed by atoms with Crippen molar-refractivity contribution in [2.75, 3.05) is 11.1 Å². The van der Waals surface area contributed by atoms with Gasteiger partial charge >= 0.3 is 0 Å². The Bertz CT molecular complexity index is 884. The topological polar surface area (TPSA) is 94.0 Å². The third kappa shape index (κ3) is 4.74. The lowest BCUT2D eigenvalue weighted by atomic mass is 9.98. The molecule has 27 heavy (non-hydrogen) atoms. The summed E-state index contributed by atoms with van der Waals surface area (Å²) in [4.78, 5) is 17.3. The third-order valence-corrected chi connectivity index (χ3v) is 6.82. The number of hydrogen-bond acceptors (Lipinski definition) is 5. The van der Waals surface area contributed by atoms with Crippen molar-refractivity contribution < 1.29 is 13.2 Å². The van der Waals surface area contributed by atoms with Crippen LogP contribution in [0.2, 0.25) is 0 Å². The lowest BCUT2D eigenvalue weighted by molar-refractivity contribution is -0.120. The van der Waals surface area contributed by atoms with Gasteiger partial charge in [0.2, 0.25) is 5.91 Å². The molecule has 0 bridgehead atoms. The fraction of sp³-hybridized carbons (Fsp3) is 0.526. The molecule has 0 aliphatic heterocycles. The Hall–Kier alpha value is -2.22. The number of sulfone groups is 1. The highest BCUT2D eigenvalue weighted by Crippen LogP contribution is 2.32. The summed E-state index contributed by atoms with van der Waals surface area (Å²) >= 11 is 0. The van der Waals surface area contributed by atoms with Crippen molar-refractivity contribution in [1.82, 2.24) is 14.8 Å². The fourth-order valence-electron chi connectivity index (χ4n) is 3.47. The highest BCUT2D eigenvalue weighted by Gasteiger charge is 2.28. The van der Waals surface area contributed by atoms with E-state index in [4.69, 9.17) is 0 Å². The maximum Gasteiger partial charge on any atom is 0.250 e. The number of pyridine rings is 1. The smallest absolute Gasteiger partial charge is 0.250 e. The molecule has 1 fully saturated rings. The Balaban J connectivity index is 1.83. The first-order valence-corrected chi connectivity index (χ1v) is 11.0. The summed E-state index contributed by atoms with van der Waals surface area (Å²) in [5.74, 6) is 0.713. The zero-order chi connectivity index (χ0) is 19.4.